The second kappa shape index (κ2) is 5.67. The molecule has 1 atom stereocenters. The number of halogens is 1. The maximum absolute atomic E-state index is 10.3. The first-order valence-corrected chi connectivity index (χ1v) is 6.40. The zero-order chi connectivity index (χ0) is 13.1. The minimum absolute atomic E-state index is 0.0931. The molecule has 0 aromatic heterocycles. The summed E-state index contributed by atoms with van der Waals surface area (Å²) in [6, 6.07) is 1.70. The summed E-state index contributed by atoms with van der Waals surface area (Å²) < 4.78 is 10.4. The van der Waals surface area contributed by atoms with Gasteiger partial charge in [-0.1, -0.05) is 11.6 Å². The number of phenolic OH excluding ortho intramolecular Hbond substituents is 1. The van der Waals surface area contributed by atoms with Crippen molar-refractivity contribution in [2.24, 2.45) is 0 Å². The predicted octanol–water partition coefficient (Wildman–Crippen LogP) is 2.53. The summed E-state index contributed by atoms with van der Waals surface area (Å²) in [5.41, 5.74) is 0.751. The van der Waals surface area contributed by atoms with Crippen LogP contribution in [0.4, 0.5) is 0 Å². The van der Waals surface area contributed by atoms with Crippen LogP contribution >= 0.6 is 11.6 Å². The molecule has 0 radical (unpaired) electrons. The lowest BCUT2D eigenvalue weighted by Gasteiger charge is -2.25. The van der Waals surface area contributed by atoms with Gasteiger partial charge < -0.3 is 19.9 Å². The van der Waals surface area contributed by atoms with Gasteiger partial charge in [-0.25, -0.2) is 0 Å². The van der Waals surface area contributed by atoms with E-state index in [-0.39, 0.29) is 11.7 Å². The Kier molecular flexibility index (Phi) is 4.19. The van der Waals surface area contributed by atoms with Crippen LogP contribution in [0.1, 0.15) is 24.3 Å². The Balaban J connectivity index is 2.46. The Labute approximate surface area is 112 Å². The molecule has 0 amide bonds. The van der Waals surface area contributed by atoms with E-state index >= 15 is 0 Å². The third kappa shape index (κ3) is 2.35. The van der Waals surface area contributed by atoms with Crippen LogP contribution in [-0.4, -0.2) is 32.4 Å². The molecule has 1 heterocycles. The van der Waals surface area contributed by atoms with E-state index in [1.54, 1.807) is 6.07 Å². The van der Waals surface area contributed by atoms with Crippen LogP contribution in [0.2, 0.25) is 5.02 Å². The van der Waals surface area contributed by atoms with Crippen molar-refractivity contribution >= 4 is 11.6 Å². The summed E-state index contributed by atoms with van der Waals surface area (Å²) in [7, 11) is 3.03. The first-order chi connectivity index (χ1) is 8.69. The van der Waals surface area contributed by atoms with E-state index in [9.17, 15) is 5.11 Å². The van der Waals surface area contributed by atoms with E-state index in [1.165, 1.54) is 14.2 Å². The number of aromatic hydroxyl groups is 1. The van der Waals surface area contributed by atoms with Gasteiger partial charge in [0.05, 0.1) is 19.2 Å². The molecule has 1 unspecified atom stereocenters. The minimum Gasteiger partial charge on any atom is -0.504 e. The Bertz CT molecular complexity index is 431. The highest BCUT2D eigenvalue weighted by Gasteiger charge is 2.25. The van der Waals surface area contributed by atoms with Gasteiger partial charge in [0.2, 0.25) is 5.75 Å². The maximum atomic E-state index is 10.3. The number of piperidine rings is 1. The summed E-state index contributed by atoms with van der Waals surface area (Å²) >= 11 is 6.25. The van der Waals surface area contributed by atoms with Crippen molar-refractivity contribution < 1.29 is 14.6 Å². The van der Waals surface area contributed by atoms with E-state index in [0.29, 0.717) is 16.5 Å². The fraction of sp³-hybridized carbons (Fsp3) is 0.538. The lowest BCUT2D eigenvalue weighted by atomic mass is 9.90. The topological polar surface area (TPSA) is 50.7 Å². The zero-order valence-electron chi connectivity index (χ0n) is 10.6. The molecule has 100 valence electrons. The maximum Gasteiger partial charge on any atom is 0.203 e. The number of rotatable bonds is 3. The van der Waals surface area contributed by atoms with E-state index in [1.807, 2.05) is 0 Å². The second-order valence-electron chi connectivity index (χ2n) is 4.40. The molecule has 5 heteroatoms. The van der Waals surface area contributed by atoms with Gasteiger partial charge in [0.15, 0.2) is 11.5 Å². The molecule has 2 N–H and O–H groups in total. The molecular weight excluding hydrogens is 254 g/mol. The first kappa shape index (κ1) is 13.3. The number of benzene rings is 1. The third-order valence-electron chi connectivity index (χ3n) is 3.34. The largest absolute Gasteiger partial charge is 0.504 e. The molecule has 4 nitrogen and oxygen atoms in total. The Hall–Kier alpha value is -1.13. The van der Waals surface area contributed by atoms with Crippen LogP contribution in [0.5, 0.6) is 17.2 Å². The fourth-order valence-corrected chi connectivity index (χ4v) is 2.79. The summed E-state index contributed by atoms with van der Waals surface area (Å²) in [5, 5.41) is 14.2. The van der Waals surface area contributed by atoms with Crippen molar-refractivity contribution in [3.8, 4) is 17.2 Å². The fourth-order valence-electron chi connectivity index (χ4n) is 2.45. The number of ether oxygens (including phenoxy) is 2. The number of methoxy groups -OCH3 is 2. The number of phenols is 1. The molecule has 1 aliphatic rings. The number of nitrogens with one attached hydrogen (secondary N) is 1. The summed E-state index contributed by atoms with van der Waals surface area (Å²) in [6.07, 6.45) is 2.09. The van der Waals surface area contributed by atoms with Gasteiger partial charge in [-0.05, 0) is 19.4 Å². The third-order valence-corrected chi connectivity index (χ3v) is 3.65. The van der Waals surface area contributed by atoms with Gasteiger partial charge >= 0.3 is 0 Å². The summed E-state index contributed by atoms with van der Waals surface area (Å²) in [6.45, 7) is 1.84. The molecule has 0 spiro atoms. The molecule has 0 saturated carbocycles. The Morgan fingerprint density at radius 2 is 2.17 bits per heavy atom. The molecule has 0 aliphatic carbocycles. The standard InChI is InChI=1S/C13H18ClNO3/c1-17-10-6-9(14)11(12(16)13(10)18-2)8-4-3-5-15-7-8/h6,8,15-16H,3-5,7H2,1-2H3. The van der Waals surface area contributed by atoms with Crippen LogP contribution in [0.25, 0.3) is 0 Å². The van der Waals surface area contributed by atoms with Gasteiger partial charge in [-0.15, -0.1) is 0 Å². The zero-order valence-corrected chi connectivity index (χ0v) is 11.4. The molecule has 1 aromatic rings. The van der Waals surface area contributed by atoms with E-state index in [2.05, 4.69) is 5.32 Å². The SMILES string of the molecule is COc1cc(Cl)c(C2CCCNC2)c(O)c1OC. The van der Waals surface area contributed by atoms with E-state index in [4.69, 9.17) is 21.1 Å². The summed E-state index contributed by atoms with van der Waals surface area (Å²) in [5.74, 6) is 1.11. The lowest BCUT2D eigenvalue weighted by molar-refractivity contribution is 0.328. The van der Waals surface area contributed by atoms with Crippen molar-refractivity contribution in [1.82, 2.24) is 5.32 Å². The van der Waals surface area contributed by atoms with Crippen molar-refractivity contribution in [2.75, 3.05) is 27.3 Å². The van der Waals surface area contributed by atoms with E-state index < -0.39 is 0 Å². The van der Waals surface area contributed by atoms with Crippen LogP contribution in [0.3, 0.4) is 0 Å². The monoisotopic (exact) mass is 271 g/mol. The van der Waals surface area contributed by atoms with Crippen molar-refractivity contribution in [1.29, 1.82) is 0 Å². The van der Waals surface area contributed by atoms with Crippen molar-refractivity contribution in [2.45, 2.75) is 18.8 Å². The summed E-state index contributed by atoms with van der Waals surface area (Å²) in [4.78, 5) is 0. The van der Waals surface area contributed by atoms with Gasteiger partial charge in [0.25, 0.3) is 0 Å². The lowest BCUT2D eigenvalue weighted by Crippen LogP contribution is -2.28. The van der Waals surface area contributed by atoms with Crippen molar-refractivity contribution in [3.05, 3.63) is 16.7 Å². The second-order valence-corrected chi connectivity index (χ2v) is 4.81. The normalized spacial score (nSPS) is 19.6. The van der Waals surface area contributed by atoms with Crippen LogP contribution in [-0.2, 0) is 0 Å². The molecule has 18 heavy (non-hydrogen) atoms. The average Bonchev–Trinajstić information content (AvgIpc) is 2.39. The predicted molar refractivity (Wildman–Crippen MR) is 71.1 cm³/mol. The highest BCUT2D eigenvalue weighted by atomic mass is 35.5. The molecular formula is C13H18ClNO3. The van der Waals surface area contributed by atoms with E-state index in [0.717, 1.165) is 31.5 Å². The molecule has 1 aromatic carbocycles. The quantitative estimate of drug-likeness (QED) is 0.887. The number of hydrogen-bond donors (Lipinski definition) is 2. The molecule has 2 rings (SSSR count). The van der Waals surface area contributed by atoms with Crippen molar-refractivity contribution in [3.63, 3.8) is 0 Å². The van der Waals surface area contributed by atoms with Crippen LogP contribution in [0, 0.1) is 0 Å². The molecule has 1 saturated heterocycles. The Morgan fingerprint density at radius 3 is 2.72 bits per heavy atom. The number of hydrogen-bond acceptors (Lipinski definition) is 4. The van der Waals surface area contributed by atoms with Crippen LogP contribution < -0.4 is 14.8 Å². The van der Waals surface area contributed by atoms with Gasteiger partial charge in [0, 0.05) is 24.1 Å². The molecule has 1 aliphatic heterocycles. The Morgan fingerprint density at radius 1 is 1.39 bits per heavy atom. The minimum atomic E-state index is 0.0931. The first-order valence-electron chi connectivity index (χ1n) is 6.03. The van der Waals surface area contributed by atoms with Gasteiger partial charge in [0.1, 0.15) is 0 Å². The van der Waals surface area contributed by atoms with Gasteiger partial charge in [-0.3, -0.25) is 0 Å². The van der Waals surface area contributed by atoms with Crippen LogP contribution in [0.15, 0.2) is 6.07 Å². The highest BCUT2D eigenvalue weighted by Crippen LogP contribution is 2.47. The molecule has 0 bridgehead atoms. The average molecular weight is 272 g/mol. The highest BCUT2D eigenvalue weighted by molar-refractivity contribution is 6.32. The smallest absolute Gasteiger partial charge is 0.203 e. The van der Waals surface area contributed by atoms with Gasteiger partial charge in [-0.2, -0.15) is 0 Å². The molecule has 1 fully saturated rings.